The number of hydrogen-bond donors (Lipinski definition) is 1. The summed E-state index contributed by atoms with van der Waals surface area (Å²) in [5.74, 6) is 0. The molecule has 1 aromatic heterocycles. The summed E-state index contributed by atoms with van der Waals surface area (Å²) in [6, 6.07) is 9.06. The topological polar surface area (TPSA) is 37.8 Å². The van der Waals surface area contributed by atoms with Gasteiger partial charge in [-0.15, -0.1) is 0 Å². The monoisotopic (exact) mass is 255 g/mol. The first kappa shape index (κ1) is 13.7. The van der Waals surface area contributed by atoms with E-state index in [2.05, 4.69) is 60.3 Å². The molecule has 1 heterocycles. The lowest BCUT2D eigenvalue weighted by Crippen LogP contribution is -2.24. The maximum absolute atomic E-state index is 4.42. The van der Waals surface area contributed by atoms with Crippen LogP contribution in [0.1, 0.15) is 48.4 Å². The molecule has 0 aliphatic rings. The molecule has 1 unspecified atom stereocenters. The van der Waals surface area contributed by atoms with Gasteiger partial charge < -0.3 is 5.32 Å². The number of nitrogens with zero attached hydrogens (tertiary/aromatic N) is 2. The van der Waals surface area contributed by atoms with Gasteiger partial charge in [-0.2, -0.15) is 0 Å². The Bertz CT molecular complexity index is 551. The first-order valence-corrected chi connectivity index (χ1v) is 6.68. The van der Waals surface area contributed by atoms with Crippen LogP contribution < -0.4 is 5.32 Å². The van der Waals surface area contributed by atoms with Crippen LogP contribution in [0.3, 0.4) is 0 Å². The van der Waals surface area contributed by atoms with Crippen LogP contribution in [0.5, 0.6) is 0 Å². The average Bonchev–Trinajstić information content (AvgIpc) is 2.39. The fraction of sp³-hybridized carbons (Fsp3) is 0.375. The minimum Gasteiger partial charge on any atom is -0.302 e. The molecule has 0 aliphatic carbocycles. The van der Waals surface area contributed by atoms with Gasteiger partial charge in [0, 0.05) is 24.5 Å². The maximum atomic E-state index is 4.42. The van der Waals surface area contributed by atoms with Crippen LogP contribution >= 0.6 is 0 Å². The predicted molar refractivity (Wildman–Crippen MR) is 77.9 cm³/mol. The summed E-state index contributed by atoms with van der Waals surface area (Å²) in [6.45, 7) is 8.42. The molecule has 2 aromatic rings. The summed E-state index contributed by atoms with van der Waals surface area (Å²) >= 11 is 0. The van der Waals surface area contributed by atoms with Gasteiger partial charge in [0.2, 0.25) is 0 Å². The molecular weight excluding hydrogens is 234 g/mol. The smallest absolute Gasteiger partial charge is 0.0782 e. The van der Waals surface area contributed by atoms with Crippen LogP contribution in [0.4, 0.5) is 0 Å². The van der Waals surface area contributed by atoms with Crippen molar-refractivity contribution in [2.75, 3.05) is 0 Å². The van der Waals surface area contributed by atoms with Gasteiger partial charge in [-0.3, -0.25) is 9.97 Å². The van der Waals surface area contributed by atoms with Gasteiger partial charge in [-0.1, -0.05) is 29.8 Å². The predicted octanol–water partition coefficient (Wildman–Crippen LogP) is 3.51. The third-order valence-corrected chi connectivity index (χ3v) is 3.37. The fourth-order valence-electron chi connectivity index (χ4n) is 2.33. The van der Waals surface area contributed by atoms with Gasteiger partial charge in [0.05, 0.1) is 11.4 Å². The average molecular weight is 255 g/mol. The van der Waals surface area contributed by atoms with Crippen LogP contribution in [0.25, 0.3) is 0 Å². The van der Waals surface area contributed by atoms with E-state index in [-0.39, 0.29) is 12.1 Å². The Morgan fingerprint density at radius 1 is 1.00 bits per heavy atom. The second-order valence-corrected chi connectivity index (χ2v) is 5.05. The number of rotatable bonds is 4. The summed E-state index contributed by atoms with van der Waals surface area (Å²) < 4.78 is 0. The van der Waals surface area contributed by atoms with E-state index in [0.29, 0.717) is 0 Å². The first-order valence-electron chi connectivity index (χ1n) is 6.68. The maximum Gasteiger partial charge on any atom is 0.0782 e. The van der Waals surface area contributed by atoms with Gasteiger partial charge in [0.1, 0.15) is 0 Å². The molecule has 0 radical (unpaired) electrons. The highest BCUT2D eigenvalue weighted by Crippen LogP contribution is 2.19. The Labute approximate surface area is 115 Å². The second-order valence-electron chi connectivity index (χ2n) is 5.05. The van der Waals surface area contributed by atoms with Crippen molar-refractivity contribution in [1.29, 1.82) is 0 Å². The molecule has 19 heavy (non-hydrogen) atoms. The molecule has 0 aliphatic heterocycles. The van der Waals surface area contributed by atoms with Gasteiger partial charge in [0.15, 0.2) is 0 Å². The summed E-state index contributed by atoms with van der Waals surface area (Å²) in [5.41, 5.74) is 4.59. The van der Waals surface area contributed by atoms with Crippen molar-refractivity contribution in [3.8, 4) is 0 Å². The highest BCUT2D eigenvalue weighted by molar-refractivity contribution is 5.25. The molecule has 2 rings (SSSR count). The lowest BCUT2D eigenvalue weighted by molar-refractivity contribution is 0.482. The molecule has 2 atom stereocenters. The van der Waals surface area contributed by atoms with Gasteiger partial charge in [-0.05, 0) is 33.3 Å². The SMILES string of the molecule is Cc1cccc([C@H](C)NC(C)c2nccnc2C)c1. The molecule has 1 N–H and O–H groups in total. The first-order chi connectivity index (χ1) is 9.08. The Balaban J connectivity index is 2.11. The highest BCUT2D eigenvalue weighted by atomic mass is 15.0. The minimum absolute atomic E-state index is 0.184. The molecule has 100 valence electrons. The second kappa shape index (κ2) is 5.93. The molecule has 3 nitrogen and oxygen atoms in total. The number of benzene rings is 1. The van der Waals surface area contributed by atoms with Crippen molar-refractivity contribution in [2.24, 2.45) is 0 Å². The fourth-order valence-corrected chi connectivity index (χ4v) is 2.33. The summed E-state index contributed by atoms with van der Waals surface area (Å²) in [6.07, 6.45) is 3.48. The zero-order chi connectivity index (χ0) is 13.8. The molecule has 0 bridgehead atoms. The third-order valence-electron chi connectivity index (χ3n) is 3.37. The largest absolute Gasteiger partial charge is 0.302 e. The zero-order valence-corrected chi connectivity index (χ0v) is 12.0. The van der Waals surface area contributed by atoms with Crippen LogP contribution in [-0.2, 0) is 0 Å². The van der Waals surface area contributed by atoms with Crippen LogP contribution in [0.2, 0.25) is 0 Å². The van der Waals surface area contributed by atoms with Crippen molar-refractivity contribution in [3.63, 3.8) is 0 Å². The summed E-state index contributed by atoms with van der Waals surface area (Å²) in [5, 5.41) is 3.58. The lowest BCUT2D eigenvalue weighted by Gasteiger charge is -2.21. The van der Waals surface area contributed by atoms with Crippen molar-refractivity contribution in [3.05, 3.63) is 59.2 Å². The van der Waals surface area contributed by atoms with Gasteiger partial charge in [0.25, 0.3) is 0 Å². The van der Waals surface area contributed by atoms with Crippen LogP contribution in [-0.4, -0.2) is 9.97 Å². The number of hydrogen-bond acceptors (Lipinski definition) is 3. The van der Waals surface area contributed by atoms with E-state index in [9.17, 15) is 0 Å². The Morgan fingerprint density at radius 2 is 1.74 bits per heavy atom. The van der Waals surface area contributed by atoms with E-state index in [1.54, 1.807) is 12.4 Å². The van der Waals surface area contributed by atoms with Gasteiger partial charge in [-0.25, -0.2) is 0 Å². The van der Waals surface area contributed by atoms with E-state index in [1.165, 1.54) is 11.1 Å². The molecule has 0 amide bonds. The van der Waals surface area contributed by atoms with E-state index >= 15 is 0 Å². The van der Waals surface area contributed by atoms with E-state index in [1.807, 2.05) is 6.92 Å². The minimum atomic E-state index is 0.184. The normalized spacial score (nSPS) is 14.1. The lowest BCUT2D eigenvalue weighted by atomic mass is 10.0. The summed E-state index contributed by atoms with van der Waals surface area (Å²) in [7, 11) is 0. The summed E-state index contributed by atoms with van der Waals surface area (Å²) in [4.78, 5) is 8.71. The van der Waals surface area contributed by atoms with E-state index < -0.39 is 0 Å². The number of aromatic nitrogens is 2. The molecule has 0 saturated carbocycles. The van der Waals surface area contributed by atoms with Crippen LogP contribution in [0.15, 0.2) is 36.7 Å². The quantitative estimate of drug-likeness (QED) is 0.908. The molecule has 0 saturated heterocycles. The van der Waals surface area contributed by atoms with Gasteiger partial charge >= 0.3 is 0 Å². The van der Waals surface area contributed by atoms with E-state index in [0.717, 1.165) is 11.4 Å². The van der Waals surface area contributed by atoms with Crippen molar-refractivity contribution in [2.45, 2.75) is 39.8 Å². The highest BCUT2D eigenvalue weighted by Gasteiger charge is 2.14. The van der Waals surface area contributed by atoms with Crippen LogP contribution in [0, 0.1) is 13.8 Å². The Morgan fingerprint density at radius 3 is 2.42 bits per heavy atom. The van der Waals surface area contributed by atoms with Crippen molar-refractivity contribution >= 4 is 0 Å². The number of nitrogens with one attached hydrogen (secondary N) is 1. The molecular formula is C16H21N3. The zero-order valence-electron chi connectivity index (χ0n) is 12.0. The standard InChI is InChI=1S/C16H21N3/c1-11-6-5-7-15(10-11)12(2)19-14(4)16-13(3)17-8-9-18-16/h5-10,12,14,19H,1-4H3/t12-,14?/m0/s1. The third kappa shape index (κ3) is 3.38. The van der Waals surface area contributed by atoms with Crippen molar-refractivity contribution < 1.29 is 0 Å². The number of aryl methyl sites for hydroxylation is 2. The Hall–Kier alpha value is -1.74. The van der Waals surface area contributed by atoms with E-state index in [4.69, 9.17) is 0 Å². The Kier molecular flexibility index (Phi) is 4.27. The molecule has 1 aromatic carbocycles. The molecule has 3 heteroatoms. The molecule has 0 fully saturated rings. The van der Waals surface area contributed by atoms with Crippen molar-refractivity contribution in [1.82, 2.24) is 15.3 Å². The molecule has 0 spiro atoms.